The predicted molar refractivity (Wildman–Crippen MR) is 81.0 cm³/mol. The summed E-state index contributed by atoms with van der Waals surface area (Å²) in [5.74, 6) is -0.421. The second-order valence-corrected chi connectivity index (χ2v) is 5.93. The number of benzene rings is 2. The Bertz CT molecular complexity index is 786. The molecule has 0 atom stereocenters. The fourth-order valence-electron chi connectivity index (χ4n) is 1.71. The molecule has 0 bridgehead atoms. The van der Waals surface area contributed by atoms with E-state index in [4.69, 9.17) is 16.6 Å². The average molecular weight is 306 g/mol. The Morgan fingerprint density at radius 1 is 1.00 bits per heavy atom. The van der Waals surface area contributed by atoms with Gasteiger partial charge in [0.05, 0.1) is 10.5 Å². The van der Waals surface area contributed by atoms with Crippen LogP contribution < -0.4 is 21.9 Å². The Morgan fingerprint density at radius 3 is 2.14 bits per heavy atom. The van der Waals surface area contributed by atoms with Crippen LogP contribution in [-0.2, 0) is 10.0 Å². The third-order valence-corrected chi connectivity index (χ3v) is 3.69. The van der Waals surface area contributed by atoms with Gasteiger partial charge in [0.2, 0.25) is 10.0 Å². The van der Waals surface area contributed by atoms with Crippen molar-refractivity contribution in [2.24, 2.45) is 5.14 Å². The van der Waals surface area contributed by atoms with E-state index < -0.39 is 15.9 Å². The van der Waals surface area contributed by atoms with Crippen LogP contribution in [0.5, 0.6) is 0 Å². The number of primary sulfonamides is 1. The summed E-state index contributed by atoms with van der Waals surface area (Å²) in [4.78, 5) is 12.0. The van der Waals surface area contributed by atoms with E-state index in [-0.39, 0.29) is 16.1 Å². The molecule has 21 heavy (non-hydrogen) atoms. The zero-order valence-electron chi connectivity index (χ0n) is 10.9. The SMILES string of the molecule is Nc1ccc(C(=O)Nc2ccc(S(N)(=O)=O)cc2)c(N)c1. The van der Waals surface area contributed by atoms with Gasteiger partial charge in [-0.15, -0.1) is 0 Å². The molecule has 0 aliphatic heterocycles. The maximum absolute atomic E-state index is 12.1. The molecule has 0 aliphatic rings. The first-order valence-electron chi connectivity index (χ1n) is 5.86. The highest BCUT2D eigenvalue weighted by atomic mass is 32.2. The maximum Gasteiger partial charge on any atom is 0.257 e. The molecule has 8 heteroatoms. The average Bonchev–Trinajstić information content (AvgIpc) is 2.38. The molecule has 0 heterocycles. The summed E-state index contributed by atoms with van der Waals surface area (Å²) in [5, 5.41) is 7.59. The van der Waals surface area contributed by atoms with Crippen molar-refractivity contribution in [3.63, 3.8) is 0 Å². The lowest BCUT2D eigenvalue weighted by atomic mass is 10.1. The molecular weight excluding hydrogens is 292 g/mol. The van der Waals surface area contributed by atoms with Gasteiger partial charge in [0.1, 0.15) is 0 Å². The van der Waals surface area contributed by atoms with Gasteiger partial charge in [-0.1, -0.05) is 0 Å². The summed E-state index contributed by atoms with van der Waals surface area (Å²) in [6.07, 6.45) is 0. The van der Waals surface area contributed by atoms with Crippen LogP contribution in [0.3, 0.4) is 0 Å². The van der Waals surface area contributed by atoms with Gasteiger partial charge in [-0.3, -0.25) is 4.79 Å². The van der Waals surface area contributed by atoms with Crippen molar-refractivity contribution in [3.05, 3.63) is 48.0 Å². The number of nitrogens with one attached hydrogen (secondary N) is 1. The molecule has 2 rings (SSSR count). The van der Waals surface area contributed by atoms with Crippen molar-refractivity contribution in [2.75, 3.05) is 16.8 Å². The summed E-state index contributed by atoms with van der Waals surface area (Å²) < 4.78 is 22.3. The molecule has 0 spiro atoms. The molecule has 0 saturated carbocycles. The first-order chi connectivity index (χ1) is 9.77. The number of carbonyl (C=O) groups is 1. The topological polar surface area (TPSA) is 141 Å². The molecule has 7 nitrogen and oxygen atoms in total. The number of rotatable bonds is 3. The van der Waals surface area contributed by atoms with E-state index in [1.807, 2.05) is 0 Å². The number of nitrogens with two attached hydrogens (primary N) is 3. The minimum atomic E-state index is -3.76. The molecule has 110 valence electrons. The van der Waals surface area contributed by atoms with Gasteiger partial charge < -0.3 is 16.8 Å². The van der Waals surface area contributed by atoms with E-state index in [0.717, 1.165) is 0 Å². The third kappa shape index (κ3) is 3.50. The van der Waals surface area contributed by atoms with Gasteiger partial charge >= 0.3 is 0 Å². The van der Waals surface area contributed by atoms with E-state index >= 15 is 0 Å². The Balaban J connectivity index is 2.20. The minimum absolute atomic E-state index is 0.0347. The highest BCUT2D eigenvalue weighted by Gasteiger charge is 2.11. The molecule has 0 aliphatic carbocycles. The highest BCUT2D eigenvalue weighted by molar-refractivity contribution is 7.89. The van der Waals surface area contributed by atoms with Crippen LogP contribution in [0.15, 0.2) is 47.4 Å². The van der Waals surface area contributed by atoms with Gasteiger partial charge in [-0.2, -0.15) is 0 Å². The Hall–Kier alpha value is -2.58. The standard InChI is InChI=1S/C13H14N4O3S/c14-8-1-6-11(12(15)7-8)13(18)17-9-2-4-10(5-3-9)21(16,19)20/h1-7H,14-15H2,(H,17,18)(H2,16,19,20). The van der Waals surface area contributed by atoms with E-state index in [1.165, 1.54) is 36.4 Å². The first kappa shape index (κ1) is 14.8. The lowest BCUT2D eigenvalue weighted by Crippen LogP contribution is -2.15. The molecule has 0 saturated heterocycles. The van der Waals surface area contributed by atoms with Gasteiger partial charge in [0.15, 0.2) is 0 Å². The maximum atomic E-state index is 12.1. The highest BCUT2D eigenvalue weighted by Crippen LogP contribution is 2.18. The quantitative estimate of drug-likeness (QED) is 0.619. The molecule has 0 radical (unpaired) electrons. The second kappa shape index (κ2) is 5.43. The molecule has 2 aromatic carbocycles. The zero-order chi connectivity index (χ0) is 15.6. The zero-order valence-corrected chi connectivity index (χ0v) is 11.7. The molecule has 0 unspecified atom stereocenters. The molecule has 0 aromatic heterocycles. The number of anilines is 3. The van der Waals surface area contributed by atoms with Gasteiger partial charge in [0, 0.05) is 17.1 Å². The van der Waals surface area contributed by atoms with Gasteiger partial charge in [-0.05, 0) is 42.5 Å². The molecule has 7 N–H and O–H groups in total. The van der Waals surface area contributed by atoms with Gasteiger partial charge in [-0.25, -0.2) is 13.6 Å². The van der Waals surface area contributed by atoms with E-state index in [2.05, 4.69) is 5.32 Å². The number of hydrogen-bond donors (Lipinski definition) is 4. The number of nitrogen functional groups attached to an aromatic ring is 2. The Morgan fingerprint density at radius 2 is 1.62 bits per heavy atom. The van der Waals surface area contributed by atoms with E-state index in [0.29, 0.717) is 11.4 Å². The number of hydrogen-bond acceptors (Lipinski definition) is 5. The third-order valence-electron chi connectivity index (χ3n) is 2.76. The van der Waals surface area contributed by atoms with Crippen LogP contribution >= 0.6 is 0 Å². The predicted octanol–water partition coefficient (Wildman–Crippen LogP) is 0.751. The van der Waals surface area contributed by atoms with Crippen molar-refractivity contribution in [1.82, 2.24) is 0 Å². The normalized spacial score (nSPS) is 11.1. The minimum Gasteiger partial charge on any atom is -0.399 e. The number of carbonyl (C=O) groups excluding carboxylic acids is 1. The molecular formula is C13H14N4O3S. The van der Waals surface area contributed by atoms with Crippen LogP contribution in [0.4, 0.5) is 17.1 Å². The van der Waals surface area contributed by atoms with Crippen LogP contribution in [0.25, 0.3) is 0 Å². The lowest BCUT2D eigenvalue weighted by Gasteiger charge is -2.08. The van der Waals surface area contributed by atoms with Crippen LogP contribution in [0.2, 0.25) is 0 Å². The molecule has 0 fully saturated rings. The Labute approximate surface area is 121 Å². The summed E-state index contributed by atoms with van der Waals surface area (Å²) in [5.41, 5.74) is 12.7. The monoisotopic (exact) mass is 306 g/mol. The van der Waals surface area contributed by atoms with Crippen LogP contribution in [-0.4, -0.2) is 14.3 Å². The number of sulfonamides is 1. The summed E-state index contributed by atoms with van der Waals surface area (Å²) >= 11 is 0. The first-order valence-corrected chi connectivity index (χ1v) is 7.41. The summed E-state index contributed by atoms with van der Waals surface area (Å²) in [6.45, 7) is 0. The van der Waals surface area contributed by atoms with Crippen molar-refractivity contribution >= 4 is 33.0 Å². The second-order valence-electron chi connectivity index (χ2n) is 4.37. The molecule has 1 amide bonds. The van der Waals surface area contributed by atoms with E-state index in [1.54, 1.807) is 6.07 Å². The fourth-order valence-corrected chi connectivity index (χ4v) is 2.23. The van der Waals surface area contributed by atoms with Crippen molar-refractivity contribution in [3.8, 4) is 0 Å². The van der Waals surface area contributed by atoms with E-state index in [9.17, 15) is 13.2 Å². The van der Waals surface area contributed by atoms with Crippen molar-refractivity contribution in [2.45, 2.75) is 4.90 Å². The fraction of sp³-hybridized carbons (Fsp3) is 0. The van der Waals surface area contributed by atoms with Crippen molar-refractivity contribution in [1.29, 1.82) is 0 Å². The molecule has 2 aromatic rings. The Kier molecular flexibility index (Phi) is 3.83. The van der Waals surface area contributed by atoms with Crippen LogP contribution in [0, 0.1) is 0 Å². The van der Waals surface area contributed by atoms with Crippen LogP contribution in [0.1, 0.15) is 10.4 Å². The largest absolute Gasteiger partial charge is 0.399 e. The summed E-state index contributed by atoms with van der Waals surface area (Å²) in [7, 11) is -3.76. The number of amides is 1. The lowest BCUT2D eigenvalue weighted by molar-refractivity contribution is 0.102. The van der Waals surface area contributed by atoms with Gasteiger partial charge in [0.25, 0.3) is 5.91 Å². The smallest absolute Gasteiger partial charge is 0.257 e. The summed E-state index contributed by atoms with van der Waals surface area (Å²) in [6, 6.07) is 10.0. The van der Waals surface area contributed by atoms with Crippen molar-refractivity contribution < 1.29 is 13.2 Å².